The molecule has 2 N–H and O–H groups in total. The van der Waals surface area contributed by atoms with Gasteiger partial charge in [-0.2, -0.15) is 0 Å². The van der Waals surface area contributed by atoms with E-state index in [-0.39, 0.29) is 0 Å². The predicted octanol–water partition coefficient (Wildman–Crippen LogP) is 1.98. The molecule has 1 heterocycles. The zero-order valence-corrected chi connectivity index (χ0v) is 9.57. The molecule has 76 valence electrons. The second-order valence-corrected chi connectivity index (χ2v) is 4.70. The van der Waals surface area contributed by atoms with Crippen LogP contribution < -0.4 is 5.73 Å². The molecule has 2 nitrogen and oxygen atoms in total. The number of thiophene rings is 1. The summed E-state index contributed by atoms with van der Waals surface area (Å²) in [6.45, 7) is 4.43. The molecule has 0 aromatic carbocycles. The van der Waals surface area contributed by atoms with Gasteiger partial charge in [-0.1, -0.05) is 11.8 Å². The van der Waals surface area contributed by atoms with Crippen molar-refractivity contribution in [3.63, 3.8) is 0 Å². The zero-order valence-electron chi connectivity index (χ0n) is 8.76. The summed E-state index contributed by atoms with van der Waals surface area (Å²) in [6.07, 6.45) is 0. The Kier molecular flexibility index (Phi) is 3.70. The van der Waals surface area contributed by atoms with Crippen molar-refractivity contribution < 1.29 is 4.74 Å². The molecule has 0 saturated carbocycles. The lowest BCUT2D eigenvalue weighted by Crippen LogP contribution is -2.29. The Morgan fingerprint density at radius 2 is 2.29 bits per heavy atom. The Morgan fingerprint density at radius 1 is 1.57 bits per heavy atom. The van der Waals surface area contributed by atoms with Gasteiger partial charge in [0, 0.05) is 22.9 Å². The molecule has 1 aromatic heterocycles. The van der Waals surface area contributed by atoms with E-state index in [1.165, 1.54) is 4.88 Å². The van der Waals surface area contributed by atoms with Gasteiger partial charge in [0.15, 0.2) is 0 Å². The Morgan fingerprint density at radius 3 is 2.86 bits per heavy atom. The quantitative estimate of drug-likeness (QED) is 0.756. The fraction of sp³-hybridized carbons (Fsp3) is 0.455. The lowest BCUT2D eigenvalue weighted by Gasteiger charge is -2.06. The van der Waals surface area contributed by atoms with Gasteiger partial charge in [-0.15, -0.1) is 11.3 Å². The van der Waals surface area contributed by atoms with Crippen molar-refractivity contribution in [2.45, 2.75) is 26.0 Å². The largest absolute Gasteiger partial charge is 0.379 e. The molecule has 0 unspecified atom stereocenters. The van der Waals surface area contributed by atoms with Crippen molar-refractivity contribution >= 4 is 11.3 Å². The molecular weight excluding hydrogens is 194 g/mol. The average Bonchev–Trinajstić information content (AvgIpc) is 2.49. The van der Waals surface area contributed by atoms with Crippen LogP contribution in [0.1, 0.15) is 24.3 Å². The van der Waals surface area contributed by atoms with Gasteiger partial charge in [-0.05, 0) is 19.9 Å². The third-order valence-electron chi connectivity index (χ3n) is 1.47. The molecule has 1 aromatic rings. The van der Waals surface area contributed by atoms with E-state index < -0.39 is 5.54 Å². The smallest absolute Gasteiger partial charge is 0.0806 e. The second kappa shape index (κ2) is 4.61. The monoisotopic (exact) mass is 209 g/mol. The third kappa shape index (κ3) is 3.93. The normalized spacial score (nSPS) is 10.9. The predicted molar refractivity (Wildman–Crippen MR) is 60.2 cm³/mol. The van der Waals surface area contributed by atoms with Crippen molar-refractivity contribution in [2.75, 3.05) is 7.11 Å². The molecule has 14 heavy (non-hydrogen) atoms. The molecule has 0 fully saturated rings. The van der Waals surface area contributed by atoms with Gasteiger partial charge >= 0.3 is 0 Å². The number of hydrogen-bond donors (Lipinski definition) is 1. The summed E-state index contributed by atoms with van der Waals surface area (Å²) < 4.78 is 5.02. The van der Waals surface area contributed by atoms with Crippen molar-refractivity contribution in [1.82, 2.24) is 0 Å². The van der Waals surface area contributed by atoms with Crippen LogP contribution in [0.2, 0.25) is 0 Å². The first-order valence-corrected chi connectivity index (χ1v) is 5.27. The molecule has 0 amide bonds. The molecule has 1 rings (SSSR count). The number of methoxy groups -OCH3 is 1. The molecule has 0 spiro atoms. The molecule has 3 heteroatoms. The van der Waals surface area contributed by atoms with Crippen molar-refractivity contribution in [2.24, 2.45) is 5.73 Å². The summed E-state index contributed by atoms with van der Waals surface area (Å²) in [6, 6.07) is 2.03. The molecule has 0 bridgehead atoms. The van der Waals surface area contributed by atoms with Crippen molar-refractivity contribution in [3.05, 3.63) is 21.9 Å². The summed E-state index contributed by atoms with van der Waals surface area (Å²) in [5, 5.41) is 2.02. The van der Waals surface area contributed by atoms with Crippen LogP contribution in [-0.2, 0) is 11.3 Å². The first-order chi connectivity index (χ1) is 6.51. The van der Waals surface area contributed by atoms with E-state index in [1.807, 2.05) is 25.3 Å². The van der Waals surface area contributed by atoms with Crippen LogP contribution in [-0.4, -0.2) is 12.6 Å². The fourth-order valence-corrected chi connectivity index (χ4v) is 1.68. The Hall–Kier alpha value is -0.820. The minimum atomic E-state index is -0.427. The summed E-state index contributed by atoms with van der Waals surface area (Å²) in [7, 11) is 1.69. The molecular formula is C11H15NOS. The molecule has 0 aliphatic carbocycles. The average molecular weight is 209 g/mol. The number of hydrogen-bond acceptors (Lipinski definition) is 3. The van der Waals surface area contributed by atoms with Gasteiger partial charge < -0.3 is 10.5 Å². The van der Waals surface area contributed by atoms with Gasteiger partial charge in [-0.25, -0.2) is 0 Å². The first kappa shape index (κ1) is 11.3. The van der Waals surface area contributed by atoms with Crippen LogP contribution >= 0.6 is 11.3 Å². The van der Waals surface area contributed by atoms with Crippen LogP contribution in [0, 0.1) is 11.8 Å². The van der Waals surface area contributed by atoms with Gasteiger partial charge in [0.1, 0.15) is 0 Å². The van der Waals surface area contributed by atoms with Crippen molar-refractivity contribution in [1.29, 1.82) is 0 Å². The Labute approximate surface area is 89.1 Å². The zero-order chi connectivity index (χ0) is 10.6. The van der Waals surface area contributed by atoms with Gasteiger partial charge in [-0.3, -0.25) is 0 Å². The van der Waals surface area contributed by atoms with E-state index in [9.17, 15) is 0 Å². The van der Waals surface area contributed by atoms with E-state index in [0.717, 1.165) is 5.56 Å². The van der Waals surface area contributed by atoms with Crippen LogP contribution in [0.25, 0.3) is 0 Å². The van der Waals surface area contributed by atoms with Gasteiger partial charge in [0.25, 0.3) is 0 Å². The van der Waals surface area contributed by atoms with E-state index in [4.69, 9.17) is 10.5 Å². The van der Waals surface area contributed by atoms with E-state index >= 15 is 0 Å². The molecule has 0 saturated heterocycles. The molecule has 0 radical (unpaired) electrons. The third-order valence-corrected chi connectivity index (χ3v) is 2.38. The number of nitrogens with two attached hydrogens (primary N) is 1. The highest BCUT2D eigenvalue weighted by Crippen LogP contribution is 2.14. The Balaban J connectivity index is 2.71. The maximum absolute atomic E-state index is 5.75. The van der Waals surface area contributed by atoms with E-state index in [1.54, 1.807) is 18.4 Å². The number of rotatable bonds is 2. The topological polar surface area (TPSA) is 35.2 Å². The SMILES string of the molecule is COCc1cc(C#CC(C)(C)N)cs1. The van der Waals surface area contributed by atoms with E-state index in [0.29, 0.717) is 6.61 Å². The summed E-state index contributed by atoms with van der Waals surface area (Å²) in [5.41, 5.74) is 6.34. The van der Waals surface area contributed by atoms with Gasteiger partial charge in [0.2, 0.25) is 0 Å². The molecule has 0 aliphatic rings. The minimum absolute atomic E-state index is 0.427. The van der Waals surface area contributed by atoms with Crippen LogP contribution in [0.4, 0.5) is 0 Å². The molecule has 0 aliphatic heterocycles. The highest BCUT2D eigenvalue weighted by molar-refractivity contribution is 7.10. The highest BCUT2D eigenvalue weighted by Gasteiger charge is 2.04. The summed E-state index contributed by atoms with van der Waals surface area (Å²) in [5.74, 6) is 6.03. The van der Waals surface area contributed by atoms with Crippen LogP contribution in [0.5, 0.6) is 0 Å². The van der Waals surface area contributed by atoms with Crippen LogP contribution in [0.15, 0.2) is 11.4 Å². The Bertz CT molecular complexity index is 351. The number of ether oxygens (including phenoxy) is 1. The molecule has 0 atom stereocenters. The lowest BCUT2D eigenvalue weighted by molar-refractivity contribution is 0.187. The first-order valence-electron chi connectivity index (χ1n) is 4.40. The van der Waals surface area contributed by atoms with E-state index in [2.05, 4.69) is 11.8 Å². The van der Waals surface area contributed by atoms with Gasteiger partial charge in [0.05, 0.1) is 12.1 Å². The maximum atomic E-state index is 5.75. The summed E-state index contributed by atoms with van der Waals surface area (Å²) >= 11 is 1.66. The van der Waals surface area contributed by atoms with Crippen molar-refractivity contribution in [3.8, 4) is 11.8 Å². The standard InChI is InChI=1S/C11H15NOS/c1-11(2,12)5-4-9-6-10(7-13-3)14-8-9/h6,8H,7,12H2,1-3H3. The maximum Gasteiger partial charge on any atom is 0.0806 e. The minimum Gasteiger partial charge on any atom is -0.379 e. The second-order valence-electron chi connectivity index (χ2n) is 3.71. The van der Waals surface area contributed by atoms with Crippen LogP contribution in [0.3, 0.4) is 0 Å². The highest BCUT2D eigenvalue weighted by atomic mass is 32.1. The lowest BCUT2D eigenvalue weighted by atomic mass is 10.1. The fourth-order valence-electron chi connectivity index (χ4n) is 0.897. The summed E-state index contributed by atoms with van der Waals surface area (Å²) in [4.78, 5) is 1.19.